The number of methoxy groups -OCH3 is 1. The minimum absolute atomic E-state index is 0.121. The van der Waals surface area contributed by atoms with Crippen LogP contribution in [0, 0.1) is 5.82 Å². The van der Waals surface area contributed by atoms with Crippen LogP contribution < -0.4 is 4.74 Å². The fourth-order valence-corrected chi connectivity index (χ4v) is 1.99. The Morgan fingerprint density at radius 2 is 2.05 bits per heavy atom. The van der Waals surface area contributed by atoms with Crippen LogP contribution in [0.25, 0.3) is 0 Å². The molecule has 0 bridgehead atoms. The number of ketones is 1. The Balaban J connectivity index is 2.25. The first-order chi connectivity index (χ1) is 9.10. The molecule has 0 aliphatic rings. The van der Waals surface area contributed by atoms with Crippen molar-refractivity contribution in [1.82, 2.24) is 0 Å². The quantitative estimate of drug-likeness (QED) is 0.793. The van der Waals surface area contributed by atoms with Crippen LogP contribution in [-0.2, 0) is 6.42 Å². The van der Waals surface area contributed by atoms with E-state index < -0.39 is 0 Å². The third kappa shape index (κ3) is 3.32. The van der Waals surface area contributed by atoms with Gasteiger partial charge in [0.05, 0.1) is 12.7 Å². The molecule has 0 amide bonds. The van der Waals surface area contributed by atoms with Gasteiger partial charge in [0.1, 0.15) is 11.6 Å². The van der Waals surface area contributed by atoms with Crippen molar-refractivity contribution in [3.05, 3.63) is 64.4 Å². The molecule has 0 spiro atoms. The number of carbonyl (C=O) groups excluding carboxylic acids is 1. The highest BCUT2D eigenvalue weighted by Gasteiger charge is 2.13. The number of hydrogen-bond acceptors (Lipinski definition) is 2. The molecule has 0 aromatic heterocycles. The van der Waals surface area contributed by atoms with Crippen LogP contribution in [0.2, 0.25) is 5.02 Å². The Morgan fingerprint density at radius 3 is 2.74 bits per heavy atom. The molecule has 0 heterocycles. The van der Waals surface area contributed by atoms with Crippen LogP contribution in [-0.4, -0.2) is 12.9 Å². The molecule has 0 aliphatic carbocycles. The molecule has 4 heteroatoms. The summed E-state index contributed by atoms with van der Waals surface area (Å²) in [6, 6.07) is 10.8. The zero-order valence-electron chi connectivity index (χ0n) is 10.3. The first kappa shape index (κ1) is 13.6. The van der Waals surface area contributed by atoms with E-state index in [2.05, 4.69) is 0 Å². The van der Waals surface area contributed by atoms with Crippen molar-refractivity contribution >= 4 is 17.4 Å². The van der Waals surface area contributed by atoms with Gasteiger partial charge in [-0.1, -0.05) is 23.7 Å². The molecule has 0 unspecified atom stereocenters. The molecule has 0 N–H and O–H groups in total. The number of rotatable bonds is 4. The molecular weight excluding hydrogens is 267 g/mol. The minimum atomic E-state index is -0.353. The molecule has 0 atom stereocenters. The Kier molecular flexibility index (Phi) is 4.17. The SMILES string of the molecule is COc1cc(Cl)ccc1C(=O)Cc1cccc(F)c1. The van der Waals surface area contributed by atoms with Crippen LogP contribution in [0.1, 0.15) is 15.9 Å². The Labute approximate surface area is 115 Å². The lowest BCUT2D eigenvalue weighted by molar-refractivity contribution is 0.0990. The smallest absolute Gasteiger partial charge is 0.170 e. The summed E-state index contributed by atoms with van der Waals surface area (Å²) in [5.74, 6) is -0.0682. The summed E-state index contributed by atoms with van der Waals surface area (Å²) in [5.41, 5.74) is 1.07. The first-order valence-electron chi connectivity index (χ1n) is 5.71. The summed E-state index contributed by atoms with van der Waals surface area (Å²) in [5, 5.41) is 0.499. The van der Waals surface area contributed by atoms with Crippen molar-refractivity contribution in [1.29, 1.82) is 0 Å². The first-order valence-corrected chi connectivity index (χ1v) is 6.09. The average molecular weight is 279 g/mol. The van der Waals surface area contributed by atoms with Crippen molar-refractivity contribution in [3.63, 3.8) is 0 Å². The molecule has 19 heavy (non-hydrogen) atoms. The minimum Gasteiger partial charge on any atom is -0.496 e. The summed E-state index contributed by atoms with van der Waals surface area (Å²) < 4.78 is 18.2. The maximum atomic E-state index is 13.1. The fraction of sp³-hybridized carbons (Fsp3) is 0.133. The molecule has 0 fully saturated rings. The molecular formula is C15H12ClFO2. The van der Waals surface area contributed by atoms with E-state index in [4.69, 9.17) is 16.3 Å². The largest absolute Gasteiger partial charge is 0.496 e. The van der Waals surface area contributed by atoms with Crippen LogP contribution in [0.3, 0.4) is 0 Å². The van der Waals surface area contributed by atoms with Crippen molar-refractivity contribution in [2.45, 2.75) is 6.42 Å². The molecule has 2 aromatic rings. The van der Waals surface area contributed by atoms with E-state index in [1.807, 2.05) is 0 Å². The lowest BCUT2D eigenvalue weighted by atomic mass is 10.0. The molecule has 0 saturated carbocycles. The maximum Gasteiger partial charge on any atom is 0.170 e. The summed E-state index contributed by atoms with van der Waals surface area (Å²) in [4.78, 5) is 12.2. The molecule has 0 aliphatic heterocycles. The topological polar surface area (TPSA) is 26.3 Å². The molecule has 98 valence electrons. The Morgan fingerprint density at radius 1 is 1.26 bits per heavy atom. The van der Waals surface area contributed by atoms with Gasteiger partial charge in [0.2, 0.25) is 0 Å². The summed E-state index contributed by atoms with van der Waals surface area (Å²) in [7, 11) is 1.48. The van der Waals surface area contributed by atoms with Gasteiger partial charge in [-0.25, -0.2) is 4.39 Å². The molecule has 0 radical (unpaired) electrons. The van der Waals surface area contributed by atoms with Gasteiger partial charge in [-0.3, -0.25) is 4.79 Å². The maximum absolute atomic E-state index is 13.1. The highest BCUT2D eigenvalue weighted by atomic mass is 35.5. The second kappa shape index (κ2) is 5.85. The predicted molar refractivity (Wildman–Crippen MR) is 72.4 cm³/mol. The summed E-state index contributed by atoms with van der Waals surface area (Å²) in [6.07, 6.45) is 0.121. The van der Waals surface area contributed by atoms with E-state index >= 15 is 0 Å². The van der Waals surface area contributed by atoms with E-state index in [1.165, 1.54) is 19.2 Å². The van der Waals surface area contributed by atoms with E-state index in [1.54, 1.807) is 30.3 Å². The fourth-order valence-electron chi connectivity index (χ4n) is 1.82. The van der Waals surface area contributed by atoms with Gasteiger partial charge in [-0.2, -0.15) is 0 Å². The van der Waals surface area contributed by atoms with Gasteiger partial charge >= 0.3 is 0 Å². The summed E-state index contributed by atoms with van der Waals surface area (Å²) in [6.45, 7) is 0. The lowest BCUT2D eigenvalue weighted by Gasteiger charge is -2.08. The zero-order chi connectivity index (χ0) is 13.8. The van der Waals surface area contributed by atoms with Crippen LogP contribution >= 0.6 is 11.6 Å². The van der Waals surface area contributed by atoms with Gasteiger partial charge in [0, 0.05) is 11.4 Å². The number of Topliss-reactive ketones (excluding diaryl/α,β-unsaturated/α-hetero) is 1. The highest BCUT2D eigenvalue weighted by molar-refractivity contribution is 6.30. The predicted octanol–water partition coefficient (Wildman–Crippen LogP) is 3.91. The van der Waals surface area contributed by atoms with Crippen molar-refractivity contribution in [2.75, 3.05) is 7.11 Å². The van der Waals surface area contributed by atoms with E-state index in [-0.39, 0.29) is 18.0 Å². The van der Waals surface area contributed by atoms with Gasteiger partial charge in [-0.15, -0.1) is 0 Å². The second-order valence-electron chi connectivity index (χ2n) is 4.07. The van der Waals surface area contributed by atoms with Crippen LogP contribution in [0.4, 0.5) is 4.39 Å². The summed E-state index contributed by atoms with van der Waals surface area (Å²) >= 11 is 5.84. The van der Waals surface area contributed by atoms with Crippen molar-refractivity contribution in [2.24, 2.45) is 0 Å². The standard InChI is InChI=1S/C15H12ClFO2/c1-19-15-9-11(16)5-6-13(15)14(18)8-10-3-2-4-12(17)7-10/h2-7,9H,8H2,1H3. The van der Waals surface area contributed by atoms with Gasteiger partial charge < -0.3 is 4.74 Å². The Bertz CT molecular complexity index is 611. The van der Waals surface area contributed by atoms with Gasteiger partial charge in [0.15, 0.2) is 5.78 Å². The van der Waals surface area contributed by atoms with E-state index in [0.717, 1.165) is 0 Å². The monoisotopic (exact) mass is 278 g/mol. The third-order valence-electron chi connectivity index (χ3n) is 2.72. The number of hydrogen-bond donors (Lipinski definition) is 0. The van der Waals surface area contributed by atoms with Gasteiger partial charge in [-0.05, 0) is 35.9 Å². The number of ether oxygens (including phenoxy) is 1. The third-order valence-corrected chi connectivity index (χ3v) is 2.95. The molecule has 2 aromatic carbocycles. The van der Waals surface area contributed by atoms with Gasteiger partial charge in [0.25, 0.3) is 0 Å². The van der Waals surface area contributed by atoms with E-state index in [0.29, 0.717) is 21.9 Å². The zero-order valence-corrected chi connectivity index (χ0v) is 11.1. The second-order valence-corrected chi connectivity index (χ2v) is 4.51. The normalized spacial score (nSPS) is 10.3. The van der Waals surface area contributed by atoms with Crippen molar-refractivity contribution < 1.29 is 13.9 Å². The lowest BCUT2D eigenvalue weighted by Crippen LogP contribution is -2.06. The number of benzene rings is 2. The molecule has 0 saturated heterocycles. The van der Waals surface area contributed by atoms with Crippen LogP contribution in [0.5, 0.6) is 5.75 Å². The van der Waals surface area contributed by atoms with Crippen molar-refractivity contribution in [3.8, 4) is 5.75 Å². The average Bonchev–Trinajstić information content (AvgIpc) is 2.38. The number of carbonyl (C=O) groups is 1. The van der Waals surface area contributed by atoms with Crippen LogP contribution in [0.15, 0.2) is 42.5 Å². The highest BCUT2D eigenvalue weighted by Crippen LogP contribution is 2.24. The molecule has 2 nitrogen and oxygen atoms in total. The van der Waals surface area contributed by atoms with E-state index in [9.17, 15) is 9.18 Å². The molecule has 2 rings (SSSR count). The number of halogens is 2. The Hall–Kier alpha value is -1.87.